The maximum absolute atomic E-state index is 14.2. The summed E-state index contributed by atoms with van der Waals surface area (Å²) < 4.78 is 60.2. The van der Waals surface area contributed by atoms with Crippen LogP contribution in [0.4, 0.5) is 17.6 Å². The largest absolute Gasteiger partial charge is 0.573 e. The molecule has 2 N–H and O–H groups in total. The van der Waals surface area contributed by atoms with Gasteiger partial charge in [0.2, 0.25) is 0 Å². The molecule has 0 unspecified atom stereocenters. The maximum atomic E-state index is 14.2. The van der Waals surface area contributed by atoms with Gasteiger partial charge in [-0.3, -0.25) is 9.59 Å². The first-order valence-electron chi connectivity index (χ1n) is 11.0. The number of H-pyrrole nitrogens is 1. The summed E-state index contributed by atoms with van der Waals surface area (Å²) in [7, 11) is 1.55. The quantitative estimate of drug-likeness (QED) is 0.418. The van der Waals surface area contributed by atoms with Crippen molar-refractivity contribution in [3.8, 4) is 11.5 Å². The molecule has 2 aromatic carbocycles. The third kappa shape index (κ3) is 6.21. The molecule has 192 valence electrons. The van der Waals surface area contributed by atoms with Crippen molar-refractivity contribution < 1.29 is 31.8 Å². The number of nitrogens with zero attached hydrogens (tertiary/aromatic N) is 1. The Morgan fingerprint density at radius 2 is 1.78 bits per heavy atom. The van der Waals surface area contributed by atoms with E-state index in [-0.39, 0.29) is 23.5 Å². The lowest BCUT2D eigenvalue weighted by Gasteiger charge is -2.25. The number of carbonyl (C=O) groups is 1. The second-order valence-electron chi connectivity index (χ2n) is 8.50. The number of methoxy groups -OCH3 is 1. The van der Waals surface area contributed by atoms with Crippen LogP contribution in [0.15, 0.2) is 53.3 Å². The van der Waals surface area contributed by atoms with Gasteiger partial charge in [-0.2, -0.15) is 0 Å². The molecule has 3 rings (SSSR count). The lowest BCUT2D eigenvalue weighted by Crippen LogP contribution is -2.33. The molecular formula is C25H25F4N3O4. The van der Waals surface area contributed by atoms with Gasteiger partial charge in [0.05, 0.1) is 13.2 Å². The van der Waals surface area contributed by atoms with E-state index in [0.717, 1.165) is 23.8 Å². The number of halogens is 4. The van der Waals surface area contributed by atoms with E-state index in [9.17, 15) is 27.2 Å². The van der Waals surface area contributed by atoms with Gasteiger partial charge in [0.1, 0.15) is 17.3 Å². The smallest absolute Gasteiger partial charge is 0.497 e. The number of hydrogen-bond acceptors (Lipinski definition) is 5. The summed E-state index contributed by atoms with van der Waals surface area (Å²) in [4.78, 5) is 32.4. The summed E-state index contributed by atoms with van der Waals surface area (Å²) >= 11 is 0. The molecule has 1 amide bonds. The molecule has 0 saturated carbocycles. The van der Waals surface area contributed by atoms with Crippen molar-refractivity contribution in [3.63, 3.8) is 0 Å². The number of rotatable bonds is 8. The molecule has 0 bridgehead atoms. The lowest BCUT2D eigenvalue weighted by atomic mass is 9.83. The number of aromatic nitrogens is 2. The lowest BCUT2D eigenvalue weighted by molar-refractivity contribution is -0.275. The van der Waals surface area contributed by atoms with Gasteiger partial charge in [-0.05, 0) is 55.7 Å². The molecule has 0 fully saturated rings. The summed E-state index contributed by atoms with van der Waals surface area (Å²) in [5.41, 5.74) is -0.442. The van der Waals surface area contributed by atoms with Crippen LogP contribution < -0.4 is 20.3 Å². The third-order valence-electron chi connectivity index (χ3n) is 5.68. The van der Waals surface area contributed by atoms with Crippen LogP contribution in [-0.4, -0.2) is 29.3 Å². The van der Waals surface area contributed by atoms with Gasteiger partial charge in [-0.25, -0.2) is 9.37 Å². The molecule has 3 aromatic rings. The Morgan fingerprint density at radius 1 is 1.11 bits per heavy atom. The topological polar surface area (TPSA) is 93.3 Å². The molecule has 0 radical (unpaired) electrons. The Labute approximate surface area is 204 Å². The van der Waals surface area contributed by atoms with Crippen LogP contribution in [0.5, 0.6) is 11.5 Å². The van der Waals surface area contributed by atoms with Crippen molar-refractivity contribution in [1.29, 1.82) is 0 Å². The van der Waals surface area contributed by atoms with Crippen molar-refractivity contribution in [1.82, 2.24) is 15.3 Å². The van der Waals surface area contributed by atoms with Gasteiger partial charge < -0.3 is 19.8 Å². The van der Waals surface area contributed by atoms with Crippen molar-refractivity contribution in [2.24, 2.45) is 0 Å². The van der Waals surface area contributed by atoms with Gasteiger partial charge in [0, 0.05) is 11.5 Å². The first-order chi connectivity index (χ1) is 16.8. The predicted molar refractivity (Wildman–Crippen MR) is 124 cm³/mol. The van der Waals surface area contributed by atoms with Gasteiger partial charge in [0.15, 0.2) is 11.6 Å². The van der Waals surface area contributed by atoms with Crippen LogP contribution in [0.1, 0.15) is 60.7 Å². The summed E-state index contributed by atoms with van der Waals surface area (Å²) in [5.74, 6) is -2.00. The van der Waals surface area contributed by atoms with Gasteiger partial charge >= 0.3 is 6.36 Å². The van der Waals surface area contributed by atoms with Crippen molar-refractivity contribution in [2.45, 2.75) is 45.0 Å². The molecule has 11 heteroatoms. The summed E-state index contributed by atoms with van der Waals surface area (Å²) in [6, 6.07) is 10.4. The second-order valence-corrected chi connectivity index (χ2v) is 8.50. The molecular weight excluding hydrogens is 482 g/mol. The summed E-state index contributed by atoms with van der Waals surface area (Å²) in [6.07, 6.45) is -4.75. The van der Waals surface area contributed by atoms with Crippen LogP contribution in [0.25, 0.3) is 0 Å². The maximum Gasteiger partial charge on any atom is 0.573 e. The molecule has 1 aromatic heterocycles. The highest BCUT2D eigenvalue weighted by Gasteiger charge is 2.33. The van der Waals surface area contributed by atoms with E-state index in [2.05, 4.69) is 20.0 Å². The zero-order valence-electron chi connectivity index (χ0n) is 20.0. The highest BCUT2D eigenvalue weighted by atomic mass is 19.4. The van der Waals surface area contributed by atoms with Gasteiger partial charge in [0.25, 0.3) is 11.5 Å². The highest BCUT2D eigenvalue weighted by Crippen LogP contribution is 2.31. The molecule has 0 aliphatic rings. The number of ether oxygens (including phenoxy) is 2. The fourth-order valence-electron chi connectivity index (χ4n) is 3.61. The first kappa shape index (κ1) is 26.7. The van der Waals surface area contributed by atoms with Crippen LogP contribution in [-0.2, 0) is 5.41 Å². The van der Waals surface area contributed by atoms with E-state index in [1.54, 1.807) is 26.2 Å². The first-order valence-corrected chi connectivity index (χ1v) is 11.0. The minimum absolute atomic E-state index is 0.161. The van der Waals surface area contributed by atoms with Crippen molar-refractivity contribution in [2.75, 3.05) is 7.11 Å². The normalized spacial score (nSPS) is 12.7. The molecule has 7 nitrogen and oxygen atoms in total. The van der Waals surface area contributed by atoms with Crippen molar-refractivity contribution in [3.05, 3.63) is 87.3 Å². The summed E-state index contributed by atoms with van der Waals surface area (Å²) in [5, 5.41) is 2.65. The van der Waals surface area contributed by atoms with E-state index < -0.39 is 40.9 Å². The van der Waals surface area contributed by atoms with E-state index >= 15 is 0 Å². The number of hydrogen-bond donors (Lipinski definition) is 2. The van der Waals surface area contributed by atoms with E-state index in [1.165, 1.54) is 6.07 Å². The number of aromatic amines is 1. The molecule has 1 atom stereocenters. The summed E-state index contributed by atoms with van der Waals surface area (Å²) in [6.45, 7) is 5.36. The Bertz CT molecular complexity index is 1290. The Morgan fingerprint density at radius 3 is 2.33 bits per heavy atom. The van der Waals surface area contributed by atoms with Gasteiger partial charge in [-0.1, -0.05) is 25.1 Å². The Balaban J connectivity index is 1.86. The molecule has 0 aliphatic heterocycles. The standard InChI is InChI=1S/C25H25F4N3O4/c1-5-18(14-6-11-20(17(26)12-14)36-25(27,28)29)30-22(34)19-13-21(33)32-23(31-19)24(2,3)15-7-9-16(35-4)10-8-15/h6-13,18H,5H2,1-4H3,(H,30,34)(H,31,32,33)/t18-/m1/s1. The second kappa shape index (κ2) is 10.4. The van der Waals surface area contributed by atoms with Crippen LogP contribution >= 0.6 is 0 Å². The fourth-order valence-corrected chi connectivity index (χ4v) is 3.61. The number of alkyl halides is 3. The highest BCUT2D eigenvalue weighted by molar-refractivity contribution is 5.92. The Kier molecular flexibility index (Phi) is 7.71. The van der Waals surface area contributed by atoms with E-state index in [0.29, 0.717) is 5.75 Å². The van der Waals surface area contributed by atoms with Crippen LogP contribution in [0.2, 0.25) is 0 Å². The third-order valence-corrected chi connectivity index (χ3v) is 5.68. The minimum atomic E-state index is -5.04. The zero-order chi connectivity index (χ0) is 26.7. The average Bonchev–Trinajstić information content (AvgIpc) is 2.82. The van der Waals surface area contributed by atoms with E-state index in [1.807, 2.05) is 26.0 Å². The number of amides is 1. The molecule has 1 heterocycles. The van der Waals surface area contributed by atoms with Crippen molar-refractivity contribution >= 4 is 5.91 Å². The minimum Gasteiger partial charge on any atom is -0.497 e. The Hall–Kier alpha value is -3.89. The SMILES string of the molecule is CC[C@@H](NC(=O)c1cc(=O)[nH]c(C(C)(C)c2ccc(OC)cc2)n1)c1ccc(OC(F)(F)F)c(F)c1. The molecule has 0 spiro atoms. The number of nitrogens with one attached hydrogen (secondary N) is 2. The zero-order valence-corrected chi connectivity index (χ0v) is 20.0. The van der Waals surface area contributed by atoms with Crippen LogP contribution in [0, 0.1) is 5.82 Å². The number of benzene rings is 2. The number of carbonyl (C=O) groups excluding carboxylic acids is 1. The predicted octanol–water partition coefficient (Wildman–Crippen LogP) is 5.02. The average molecular weight is 507 g/mol. The molecule has 0 aliphatic carbocycles. The van der Waals surface area contributed by atoms with Gasteiger partial charge in [-0.15, -0.1) is 13.2 Å². The van der Waals surface area contributed by atoms with E-state index in [4.69, 9.17) is 4.74 Å². The monoisotopic (exact) mass is 507 g/mol. The molecule has 36 heavy (non-hydrogen) atoms. The fraction of sp³-hybridized carbons (Fsp3) is 0.320. The van der Waals surface area contributed by atoms with Crippen LogP contribution in [0.3, 0.4) is 0 Å². The molecule has 0 saturated heterocycles.